The topological polar surface area (TPSA) is 21.9 Å². The molecule has 0 bridgehead atoms. The fourth-order valence-corrected chi connectivity index (χ4v) is 1.85. The van der Waals surface area contributed by atoms with Crippen molar-refractivity contribution >= 4 is 0 Å². The third-order valence-electron chi connectivity index (χ3n) is 2.63. The van der Waals surface area contributed by atoms with Crippen LogP contribution < -0.4 is 5.32 Å². The molecular formula is C8H14FN. The van der Waals surface area contributed by atoms with Crippen molar-refractivity contribution in [3.63, 3.8) is 0 Å². The van der Waals surface area contributed by atoms with Gasteiger partial charge in [-0.25, -0.2) is 4.39 Å². The molecule has 1 saturated carbocycles. The van der Waals surface area contributed by atoms with Gasteiger partial charge in [0.1, 0.15) is 6.17 Å². The lowest BCUT2D eigenvalue weighted by atomic mass is 10.00. The maximum Gasteiger partial charge on any atom is 0.100 e. The van der Waals surface area contributed by atoms with Gasteiger partial charge in [0.25, 0.3) is 0 Å². The minimum absolute atomic E-state index is 0.511. The Kier molecular flexibility index (Phi) is 1.65. The first kappa shape index (κ1) is 6.59. The van der Waals surface area contributed by atoms with Crippen molar-refractivity contribution in [1.82, 2.24) is 5.32 Å². The van der Waals surface area contributed by atoms with E-state index in [1.807, 2.05) is 0 Å². The van der Waals surface area contributed by atoms with Crippen LogP contribution in [0.25, 0.3) is 0 Å². The predicted octanol–water partition coefficient (Wildman–Crippen LogP) is 1.63. The van der Waals surface area contributed by atoms with Gasteiger partial charge in [0.2, 0.25) is 0 Å². The Bertz CT molecular complexity index is 124. The molecule has 1 N–H and O–H groups in total. The number of rotatable bonds is 0. The second kappa shape index (κ2) is 2.50. The number of hydrogen-bond acceptors (Lipinski definition) is 1. The van der Waals surface area contributed by atoms with Gasteiger partial charge < -0.3 is 5.32 Å². The molecule has 1 aliphatic heterocycles. The predicted molar refractivity (Wildman–Crippen MR) is 38.7 cm³/mol. The molecule has 1 heterocycles. The van der Waals surface area contributed by atoms with Crippen molar-refractivity contribution in [3.05, 3.63) is 0 Å². The minimum atomic E-state index is -0.511. The van der Waals surface area contributed by atoms with E-state index in [9.17, 15) is 4.39 Å². The van der Waals surface area contributed by atoms with Crippen molar-refractivity contribution < 1.29 is 4.39 Å². The fraction of sp³-hybridized carbons (Fsp3) is 1.00. The largest absolute Gasteiger partial charge is 0.308 e. The van der Waals surface area contributed by atoms with Crippen LogP contribution in [0, 0.1) is 0 Å². The van der Waals surface area contributed by atoms with Gasteiger partial charge in [-0.05, 0) is 32.1 Å². The van der Waals surface area contributed by atoms with Crippen molar-refractivity contribution in [1.29, 1.82) is 0 Å². The summed E-state index contributed by atoms with van der Waals surface area (Å²) in [5, 5.41) is 3.36. The van der Waals surface area contributed by atoms with Crippen molar-refractivity contribution in [2.75, 3.05) is 0 Å². The quantitative estimate of drug-likeness (QED) is 0.511. The van der Waals surface area contributed by atoms with Crippen molar-refractivity contribution in [3.8, 4) is 0 Å². The maximum atomic E-state index is 12.8. The smallest absolute Gasteiger partial charge is 0.100 e. The molecule has 3 atom stereocenters. The van der Waals surface area contributed by atoms with Crippen LogP contribution in [0.1, 0.15) is 32.1 Å². The Morgan fingerprint density at radius 2 is 1.80 bits per heavy atom. The lowest BCUT2D eigenvalue weighted by Crippen LogP contribution is -2.07. The molecule has 0 spiro atoms. The Labute approximate surface area is 61.0 Å². The van der Waals surface area contributed by atoms with Crippen LogP contribution >= 0.6 is 0 Å². The van der Waals surface area contributed by atoms with E-state index in [4.69, 9.17) is 0 Å². The summed E-state index contributed by atoms with van der Waals surface area (Å²) in [7, 11) is 0. The summed E-state index contributed by atoms with van der Waals surface area (Å²) >= 11 is 0. The molecular weight excluding hydrogens is 129 g/mol. The van der Waals surface area contributed by atoms with E-state index >= 15 is 0 Å². The van der Waals surface area contributed by atoms with Gasteiger partial charge in [-0.1, -0.05) is 0 Å². The summed E-state index contributed by atoms with van der Waals surface area (Å²) in [6, 6.07) is 1.44. The van der Waals surface area contributed by atoms with Crippen LogP contribution in [0.5, 0.6) is 0 Å². The van der Waals surface area contributed by atoms with E-state index in [0.29, 0.717) is 6.04 Å². The Hall–Kier alpha value is -0.110. The second-order valence-electron chi connectivity index (χ2n) is 3.49. The number of alkyl halides is 1. The molecule has 2 heteroatoms. The fourth-order valence-electron chi connectivity index (χ4n) is 1.85. The Morgan fingerprint density at radius 3 is 2.70 bits per heavy atom. The van der Waals surface area contributed by atoms with Gasteiger partial charge in [-0.2, -0.15) is 0 Å². The van der Waals surface area contributed by atoms with Gasteiger partial charge in [0.15, 0.2) is 0 Å². The molecule has 0 aromatic heterocycles. The minimum Gasteiger partial charge on any atom is -0.308 e. The molecule has 0 aromatic carbocycles. The second-order valence-corrected chi connectivity index (χ2v) is 3.49. The summed E-state index contributed by atoms with van der Waals surface area (Å²) in [5.74, 6) is 0. The van der Waals surface area contributed by atoms with E-state index in [2.05, 4.69) is 5.32 Å². The summed E-state index contributed by atoms with van der Waals surface area (Å²) in [5.41, 5.74) is 0. The van der Waals surface area contributed by atoms with Crippen LogP contribution in [0.3, 0.4) is 0 Å². The van der Waals surface area contributed by atoms with E-state index < -0.39 is 6.17 Å². The van der Waals surface area contributed by atoms with E-state index in [1.165, 1.54) is 6.42 Å². The monoisotopic (exact) mass is 143 g/mol. The van der Waals surface area contributed by atoms with E-state index in [-0.39, 0.29) is 0 Å². The third-order valence-corrected chi connectivity index (χ3v) is 2.63. The Balaban J connectivity index is 1.83. The molecule has 2 rings (SSSR count). The average Bonchev–Trinajstić information content (AvgIpc) is 2.59. The average molecular weight is 143 g/mol. The van der Waals surface area contributed by atoms with Gasteiger partial charge in [0, 0.05) is 12.1 Å². The number of halogens is 1. The maximum absolute atomic E-state index is 12.8. The van der Waals surface area contributed by atoms with Gasteiger partial charge in [0.05, 0.1) is 0 Å². The summed E-state index contributed by atoms with van der Waals surface area (Å²) in [4.78, 5) is 0. The highest BCUT2D eigenvalue weighted by atomic mass is 19.1. The molecule has 58 valence electrons. The summed E-state index contributed by atoms with van der Waals surface area (Å²) in [6.45, 7) is 0. The van der Waals surface area contributed by atoms with Crippen LogP contribution in [0.4, 0.5) is 4.39 Å². The lowest BCUT2D eigenvalue weighted by Gasteiger charge is -2.09. The highest BCUT2D eigenvalue weighted by Crippen LogP contribution is 2.27. The zero-order chi connectivity index (χ0) is 6.97. The summed E-state index contributed by atoms with van der Waals surface area (Å²) < 4.78 is 12.8. The zero-order valence-electron chi connectivity index (χ0n) is 6.15. The highest BCUT2D eigenvalue weighted by Gasteiger charge is 2.36. The number of hydrogen-bond donors (Lipinski definition) is 1. The molecule has 1 saturated heterocycles. The zero-order valence-corrected chi connectivity index (χ0v) is 6.15. The molecule has 2 fully saturated rings. The molecule has 0 aromatic rings. The molecule has 0 unspecified atom stereocenters. The van der Waals surface area contributed by atoms with Crippen molar-refractivity contribution in [2.24, 2.45) is 0 Å². The molecule has 10 heavy (non-hydrogen) atoms. The molecule has 1 nitrogen and oxygen atoms in total. The van der Waals surface area contributed by atoms with Gasteiger partial charge in [-0.15, -0.1) is 0 Å². The number of nitrogens with one attached hydrogen (secondary N) is 1. The highest BCUT2D eigenvalue weighted by molar-refractivity contribution is 4.98. The van der Waals surface area contributed by atoms with Crippen molar-refractivity contribution in [2.45, 2.75) is 50.4 Å². The summed E-state index contributed by atoms with van der Waals surface area (Å²) in [6.07, 6.45) is 4.41. The third kappa shape index (κ3) is 1.31. The molecule has 2 aliphatic rings. The normalized spacial score (nSPS) is 47.1. The van der Waals surface area contributed by atoms with E-state index in [1.54, 1.807) is 0 Å². The van der Waals surface area contributed by atoms with Gasteiger partial charge >= 0.3 is 0 Å². The van der Waals surface area contributed by atoms with Crippen LogP contribution in [0.15, 0.2) is 0 Å². The Morgan fingerprint density at radius 1 is 1.00 bits per heavy atom. The van der Waals surface area contributed by atoms with Crippen LogP contribution in [-0.4, -0.2) is 18.3 Å². The molecule has 0 radical (unpaired) electrons. The van der Waals surface area contributed by atoms with Crippen LogP contribution in [-0.2, 0) is 0 Å². The van der Waals surface area contributed by atoms with E-state index in [0.717, 1.165) is 31.7 Å². The van der Waals surface area contributed by atoms with Gasteiger partial charge in [-0.3, -0.25) is 0 Å². The standard InChI is InChI=1S/C8H14FN/c9-6-2-1-3-7-8(10-7)5-4-6/h6-8,10H,1-5H2/t6-,7-,8+/m0/s1. The first-order valence-corrected chi connectivity index (χ1v) is 4.26. The SMILES string of the molecule is F[C@H]1CCC[C@@H]2N[C@@H]2CC1. The first-order valence-electron chi connectivity index (χ1n) is 4.26. The first-order chi connectivity index (χ1) is 4.86. The molecule has 0 amide bonds. The number of fused-ring (bicyclic) bond motifs is 1. The van der Waals surface area contributed by atoms with Crippen LogP contribution in [0.2, 0.25) is 0 Å². The molecule has 1 aliphatic carbocycles. The lowest BCUT2D eigenvalue weighted by molar-refractivity contribution is 0.275.